The number of hydrogen-bond donors (Lipinski definition) is 2. The van der Waals surface area contributed by atoms with Crippen LogP contribution in [0.5, 0.6) is 0 Å². The third kappa shape index (κ3) is 3.31. The molecule has 1 unspecified atom stereocenters. The molecule has 1 aliphatic heterocycles. The van der Waals surface area contributed by atoms with E-state index in [1.165, 1.54) is 30.4 Å². The van der Waals surface area contributed by atoms with Gasteiger partial charge in [0.05, 0.1) is 5.69 Å². The van der Waals surface area contributed by atoms with Crippen LogP contribution in [0.3, 0.4) is 0 Å². The van der Waals surface area contributed by atoms with E-state index in [0.717, 1.165) is 62.4 Å². The summed E-state index contributed by atoms with van der Waals surface area (Å²) in [5.74, 6) is 1.43. The van der Waals surface area contributed by atoms with Gasteiger partial charge < -0.3 is 10.7 Å². The lowest BCUT2D eigenvalue weighted by atomic mass is 9.77. The van der Waals surface area contributed by atoms with Gasteiger partial charge in [0.25, 0.3) is 5.56 Å². The van der Waals surface area contributed by atoms with Gasteiger partial charge in [-0.05, 0) is 69.2 Å². The smallest absolute Gasteiger partial charge is 0.254 e. The van der Waals surface area contributed by atoms with Gasteiger partial charge in [-0.15, -0.1) is 0 Å². The Morgan fingerprint density at radius 3 is 2.71 bits per heavy atom. The number of likely N-dealkylation sites (tertiary alicyclic amines) is 1. The van der Waals surface area contributed by atoms with Gasteiger partial charge in [-0.25, -0.2) is 4.98 Å². The third-order valence-corrected chi connectivity index (χ3v) is 6.87. The number of aromatic nitrogens is 2. The van der Waals surface area contributed by atoms with E-state index in [1.54, 1.807) is 0 Å². The summed E-state index contributed by atoms with van der Waals surface area (Å²) in [7, 11) is 0. The number of nitrogens with zero attached hydrogens (tertiary/aromatic N) is 2. The zero-order valence-electron chi connectivity index (χ0n) is 16.5. The van der Waals surface area contributed by atoms with Crippen LogP contribution in [0.1, 0.15) is 66.2 Å². The molecule has 0 bridgehead atoms. The lowest BCUT2D eigenvalue weighted by molar-refractivity contribution is 0.136. The van der Waals surface area contributed by atoms with E-state index in [-0.39, 0.29) is 11.0 Å². The second kappa shape index (κ2) is 7.12. The number of rotatable bonds is 5. The van der Waals surface area contributed by atoms with Crippen molar-refractivity contribution in [3.8, 4) is 0 Å². The highest BCUT2D eigenvalue weighted by Crippen LogP contribution is 2.45. The molecule has 1 aromatic carbocycles. The number of fused-ring (bicyclic) bond motifs is 2. The highest BCUT2D eigenvalue weighted by atomic mass is 16.1. The Labute approximate surface area is 166 Å². The molecule has 3 N–H and O–H groups in total. The van der Waals surface area contributed by atoms with E-state index in [9.17, 15) is 4.79 Å². The Morgan fingerprint density at radius 2 is 1.96 bits per heavy atom. The molecule has 3 aliphatic rings. The van der Waals surface area contributed by atoms with Crippen LogP contribution in [0.2, 0.25) is 0 Å². The minimum Gasteiger partial charge on any atom is -0.330 e. The van der Waals surface area contributed by atoms with Crippen molar-refractivity contribution in [2.24, 2.45) is 5.73 Å². The second-order valence-electron chi connectivity index (χ2n) is 9.00. The van der Waals surface area contributed by atoms with Crippen molar-refractivity contribution < 1.29 is 0 Å². The minimum absolute atomic E-state index is 0.0744. The maximum atomic E-state index is 12.6. The molecule has 28 heavy (non-hydrogen) atoms. The lowest BCUT2D eigenvalue weighted by Gasteiger charge is -2.40. The van der Waals surface area contributed by atoms with Crippen molar-refractivity contribution in [3.63, 3.8) is 0 Å². The van der Waals surface area contributed by atoms with E-state index in [0.29, 0.717) is 12.5 Å². The molecule has 148 valence electrons. The van der Waals surface area contributed by atoms with E-state index in [2.05, 4.69) is 34.1 Å². The molecule has 0 radical (unpaired) electrons. The normalized spacial score (nSPS) is 24.6. The number of H-pyrrole nitrogens is 1. The standard InChI is InChI=1S/C23H30N4O/c24-12-9-16-2-4-17(5-3-16)14-27-13-1-10-23(15-27)11-8-19-20(23)25-21(18-6-7-18)26-22(19)28/h2-5,18H,1,6-15,24H2,(H,25,26,28). The number of piperidine rings is 1. The summed E-state index contributed by atoms with van der Waals surface area (Å²) < 4.78 is 0. The lowest BCUT2D eigenvalue weighted by Crippen LogP contribution is -2.45. The van der Waals surface area contributed by atoms with Gasteiger partial charge in [-0.2, -0.15) is 0 Å². The number of nitrogens with one attached hydrogen (secondary N) is 1. The van der Waals surface area contributed by atoms with Crippen LogP contribution in [0, 0.1) is 0 Å². The first-order valence-corrected chi connectivity index (χ1v) is 10.8. The first-order valence-electron chi connectivity index (χ1n) is 10.8. The summed E-state index contributed by atoms with van der Waals surface area (Å²) in [6.45, 7) is 3.81. The molecule has 1 spiro atoms. The van der Waals surface area contributed by atoms with Crippen molar-refractivity contribution in [1.82, 2.24) is 14.9 Å². The SMILES string of the molecule is NCCc1ccc(CN2CCCC3(CCc4c3nc(C3CC3)[nH]c4=O)C2)cc1. The van der Waals surface area contributed by atoms with E-state index >= 15 is 0 Å². The third-order valence-electron chi connectivity index (χ3n) is 6.87. The molecular weight excluding hydrogens is 348 g/mol. The van der Waals surface area contributed by atoms with Gasteiger partial charge in [-0.1, -0.05) is 24.3 Å². The average Bonchev–Trinajstić information content (AvgIpc) is 3.49. The summed E-state index contributed by atoms with van der Waals surface area (Å²) in [6.07, 6.45) is 7.56. The molecule has 1 saturated carbocycles. The quantitative estimate of drug-likeness (QED) is 0.839. The number of benzene rings is 1. The molecule has 2 aromatic rings. The van der Waals surface area contributed by atoms with Crippen molar-refractivity contribution >= 4 is 0 Å². The van der Waals surface area contributed by atoms with Crippen LogP contribution in [0.15, 0.2) is 29.1 Å². The molecule has 5 heteroatoms. The summed E-state index contributed by atoms with van der Waals surface area (Å²) in [4.78, 5) is 23.3. The van der Waals surface area contributed by atoms with E-state index in [4.69, 9.17) is 10.7 Å². The second-order valence-corrected chi connectivity index (χ2v) is 9.00. The number of aromatic amines is 1. The first-order chi connectivity index (χ1) is 13.7. The summed E-state index contributed by atoms with van der Waals surface area (Å²) in [5, 5.41) is 0. The zero-order chi connectivity index (χ0) is 19.1. The Hall–Kier alpha value is -1.98. The maximum absolute atomic E-state index is 12.6. The number of hydrogen-bond acceptors (Lipinski definition) is 4. The van der Waals surface area contributed by atoms with Crippen molar-refractivity contribution in [3.05, 3.63) is 62.8 Å². The van der Waals surface area contributed by atoms with Gasteiger partial charge in [0.15, 0.2) is 0 Å². The molecule has 0 amide bonds. The Morgan fingerprint density at radius 1 is 1.18 bits per heavy atom. The van der Waals surface area contributed by atoms with E-state index in [1.807, 2.05) is 0 Å². The molecule has 1 atom stereocenters. The van der Waals surface area contributed by atoms with Gasteiger partial charge >= 0.3 is 0 Å². The van der Waals surface area contributed by atoms with Crippen LogP contribution in [-0.2, 0) is 24.8 Å². The minimum atomic E-state index is 0.0744. The molecule has 2 fully saturated rings. The fourth-order valence-electron chi connectivity index (χ4n) is 5.21. The van der Waals surface area contributed by atoms with Crippen LogP contribution < -0.4 is 11.3 Å². The molecule has 2 heterocycles. The van der Waals surface area contributed by atoms with Gasteiger partial charge in [0.2, 0.25) is 0 Å². The Balaban J connectivity index is 1.37. The van der Waals surface area contributed by atoms with Crippen LogP contribution in [0.25, 0.3) is 0 Å². The van der Waals surface area contributed by atoms with Crippen LogP contribution >= 0.6 is 0 Å². The first kappa shape index (κ1) is 18.1. The highest BCUT2D eigenvalue weighted by Gasteiger charge is 2.45. The fourth-order valence-corrected chi connectivity index (χ4v) is 5.21. The topological polar surface area (TPSA) is 75.0 Å². The summed E-state index contributed by atoms with van der Waals surface area (Å²) in [5.41, 5.74) is 10.6. The van der Waals surface area contributed by atoms with Gasteiger partial charge in [0, 0.05) is 30.0 Å². The van der Waals surface area contributed by atoms with Gasteiger partial charge in [-0.3, -0.25) is 9.69 Å². The molecular formula is C23H30N4O. The predicted molar refractivity (Wildman–Crippen MR) is 111 cm³/mol. The molecule has 1 saturated heterocycles. The van der Waals surface area contributed by atoms with Gasteiger partial charge in [0.1, 0.15) is 5.82 Å². The van der Waals surface area contributed by atoms with Crippen molar-refractivity contribution in [2.75, 3.05) is 19.6 Å². The highest BCUT2D eigenvalue weighted by molar-refractivity contribution is 5.35. The summed E-state index contributed by atoms with van der Waals surface area (Å²) in [6, 6.07) is 8.89. The van der Waals surface area contributed by atoms with Crippen LogP contribution in [-0.4, -0.2) is 34.5 Å². The van der Waals surface area contributed by atoms with Crippen molar-refractivity contribution in [1.29, 1.82) is 0 Å². The largest absolute Gasteiger partial charge is 0.330 e. The average molecular weight is 379 g/mol. The maximum Gasteiger partial charge on any atom is 0.254 e. The molecule has 5 rings (SSSR count). The fraction of sp³-hybridized carbons (Fsp3) is 0.565. The van der Waals surface area contributed by atoms with Crippen molar-refractivity contribution in [2.45, 2.75) is 62.8 Å². The monoisotopic (exact) mass is 378 g/mol. The number of nitrogens with two attached hydrogens (primary N) is 1. The zero-order valence-corrected chi connectivity index (χ0v) is 16.5. The van der Waals surface area contributed by atoms with Crippen LogP contribution in [0.4, 0.5) is 0 Å². The summed E-state index contributed by atoms with van der Waals surface area (Å²) >= 11 is 0. The molecule has 2 aliphatic carbocycles. The molecule has 1 aromatic heterocycles. The predicted octanol–water partition coefficient (Wildman–Crippen LogP) is 2.63. The molecule has 5 nitrogen and oxygen atoms in total. The van der Waals surface area contributed by atoms with E-state index < -0.39 is 0 Å². The Bertz CT molecular complexity index is 915. The Kier molecular flexibility index (Phi) is 4.60.